The molecule has 0 aliphatic carbocycles. The van der Waals surface area contributed by atoms with Crippen molar-refractivity contribution in [3.8, 4) is 5.75 Å². The Morgan fingerprint density at radius 2 is 0.927 bits per heavy atom. The van der Waals surface area contributed by atoms with Crippen LogP contribution in [0.3, 0.4) is 0 Å². The highest BCUT2D eigenvalue weighted by atomic mass is 35.5. The number of phenolic OH excluding ortho intramolecular Hbond substituents is 1. The molecule has 1 aliphatic rings. The summed E-state index contributed by atoms with van der Waals surface area (Å²) in [6.45, 7) is 5.30. The molecule has 35 heteroatoms. The number of benzene rings is 8. The van der Waals surface area contributed by atoms with Crippen LogP contribution in [0.15, 0.2) is 187 Å². The molecule has 0 aromatic heterocycles. The van der Waals surface area contributed by atoms with Crippen LogP contribution in [0.25, 0.3) is 0 Å². The number of carbonyl (C=O) groups excluding carboxylic acids is 1. The van der Waals surface area contributed by atoms with Crippen LogP contribution in [0, 0.1) is 34.0 Å². The Morgan fingerprint density at radius 1 is 0.482 bits per heavy atom. The first kappa shape index (κ1) is 97.5. The number of halogens is 13. The quantitative estimate of drug-likeness (QED) is 0.0174. The lowest BCUT2D eigenvalue weighted by Crippen LogP contribution is -2.21. The van der Waals surface area contributed by atoms with E-state index in [1.165, 1.54) is 36.7 Å². The van der Waals surface area contributed by atoms with E-state index in [2.05, 4.69) is 35.2 Å². The van der Waals surface area contributed by atoms with Crippen LogP contribution >= 0.6 is 151 Å². The number of primary amides is 1. The normalized spacial score (nSPS) is 11.2. The van der Waals surface area contributed by atoms with E-state index in [4.69, 9.17) is 229 Å². The third-order valence-corrected chi connectivity index (χ3v) is 17.5. The number of guanidine groups is 1. The molecule has 8 aromatic rings. The van der Waals surface area contributed by atoms with Crippen molar-refractivity contribution >= 4 is 228 Å². The number of carbonyl (C=O) groups is 1. The number of aromatic hydroxyl groups is 1. The largest absolute Gasteiger partial charge is 0.508 e. The molecule has 0 unspecified atom stereocenters. The number of nitrogens with one attached hydrogen (secondary N) is 5. The molecule has 0 bridgehead atoms. The van der Waals surface area contributed by atoms with E-state index in [0.29, 0.717) is 96.1 Å². The van der Waals surface area contributed by atoms with Gasteiger partial charge in [-0.3, -0.25) is 56.8 Å². The summed E-state index contributed by atoms with van der Waals surface area (Å²) in [6.07, 6.45) is 11.7. The lowest BCUT2D eigenvalue weighted by atomic mass is 10.1. The molecule has 1 amide bonds. The molecule has 9 rings (SSSR count). The summed E-state index contributed by atoms with van der Waals surface area (Å²) in [7, 11) is 0. The van der Waals surface area contributed by atoms with Crippen molar-refractivity contribution < 1.29 is 9.90 Å². The van der Waals surface area contributed by atoms with Crippen LogP contribution in [0.1, 0.15) is 82.7 Å². The van der Waals surface area contributed by atoms with Crippen molar-refractivity contribution in [1.82, 2.24) is 0 Å². The highest BCUT2D eigenvalue weighted by Gasteiger charge is 2.12. The van der Waals surface area contributed by atoms with Gasteiger partial charge in [0, 0.05) is 113 Å². The number of aryl methyl sites for hydroxylation is 1. The zero-order valence-corrected chi connectivity index (χ0v) is 69.1. The van der Waals surface area contributed by atoms with Gasteiger partial charge < -0.3 is 51.0 Å². The van der Waals surface area contributed by atoms with Gasteiger partial charge in [-0.15, -0.1) is 5.10 Å². The Balaban J connectivity index is 0.000000427. The van der Waals surface area contributed by atoms with E-state index >= 15 is 0 Å². The Hall–Kier alpha value is -8.56. The smallest absolute Gasteiger partial charge is 0.239 e. The summed E-state index contributed by atoms with van der Waals surface area (Å²) in [5.74, 6) is -0.283. The zero-order valence-electron chi connectivity index (χ0n) is 59.2. The number of nitrogens with two attached hydrogens (primary N) is 8. The average Bonchev–Trinajstić information content (AvgIpc) is 1.01. The molecule has 1 heterocycles. The van der Waals surface area contributed by atoms with E-state index in [1.54, 1.807) is 80.0 Å². The van der Waals surface area contributed by atoms with Crippen molar-refractivity contribution in [3.05, 3.63) is 267 Å². The number of hydrogen-bond donors (Lipinski definition) is 14. The highest BCUT2D eigenvalue weighted by Crippen LogP contribution is 2.31. The van der Waals surface area contributed by atoms with Gasteiger partial charge in [0.25, 0.3) is 0 Å². The fourth-order valence-corrected chi connectivity index (χ4v) is 12.2. The molecule has 0 radical (unpaired) electrons. The van der Waals surface area contributed by atoms with Crippen LogP contribution in [0.4, 0.5) is 0 Å². The SMILES string of the molecule is CC(=NCC(=N)N)c1c(Cl)cccc1Cl.Cc1cccc(Cl)c1C=NCC(=N)N.Clc1cc(Cl)cc(CC2=NCCC2)c1.N=C(N)CCCc1c(Cl)cccc1Cl.N=C(N)CN=Cc1ccccc1.N=C(N)Cc1c(Cl)cccc1Cl.NC(=O)CN=Cc1c(Cl)cccc1Cl.NC(N)=N/N=C\c1c(Cl)cc(O)cc1Cl. The van der Waals surface area contributed by atoms with Crippen LogP contribution in [0.5, 0.6) is 5.75 Å². The van der Waals surface area contributed by atoms with Gasteiger partial charge in [-0.1, -0.05) is 218 Å². The summed E-state index contributed by atoms with van der Waals surface area (Å²) >= 11 is 76.7. The summed E-state index contributed by atoms with van der Waals surface area (Å²) in [6, 6.07) is 44.8. The maximum atomic E-state index is 10.4. The topological polar surface area (TPSA) is 451 Å². The van der Waals surface area contributed by atoms with Crippen molar-refractivity contribution in [2.75, 3.05) is 32.7 Å². The number of nitrogens with zero attached hydrogens (tertiary/aromatic N) is 7. The number of phenols is 1. The molecule has 110 heavy (non-hydrogen) atoms. The third kappa shape index (κ3) is 42.0. The van der Waals surface area contributed by atoms with Crippen molar-refractivity contribution in [2.45, 2.75) is 58.8 Å². The molecule has 8 aromatic carbocycles. The van der Waals surface area contributed by atoms with Gasteiger partial charge in [0.2, 0.25) is 11.9 Å². The fraction of sp³-hybridized carbons (Fsp3) is 0.187. The van der Waals surface area contributed by atoms with Crippen LogP contribution < -0.4 is 45.9 Å². The first-order valence-corrected chi connectivity index (χ1v) is 37.2. The summed E-state index contributed by atoms with van der Waals surface area (Å²) < 4.78 is 0. The average molecular weight is 1760 g/mol. The third-order valence-electron chi connectivity index (χ3n) is 13.4. The first-order valence-electron chi connectivity index (χ1n) is 32.2. The van der Waals surface area contributed by atoms with Crippen molar-refractivity contribution in [2.24, 2.45) is 81.0 Å². The Morgan fingerprint density at radius 3 is 1.38 bits per heavy atom. The van der Waals surface area contributed by atoms with Crippen molar-refractivity contribution in [3.63, 3.8) is 0 Å². The molecule has 0 fully saturated rings. The second-order valence-electron chi connectivity index (χ2n) is 22.5. The van der Waals surface area contributed by atoms with Gasteiger partial charge >= 0.3 is 0 Å². The molecule has 0 atom stereocenters. The summed E-state index contributed by atoms with van der Waals surface area (Å²) in [5, 5.41) is 58.4. The van der Waals surface area contributed by atoms with Gasteiger partial charge in [0.05, 0.1) is 67.7 Å². The van der Waals surface area contributed by atoms with Gasteiger partial charge in [0.1, 0.15) is 29.8 Å². The molecule has 22 N–H and O–H groups in total. The molecular formula is C75H81Cl13N20O2. The molecule has 0 spiro atoms. The summed E-state index contributed by atoms with van der Waals surface area (Å²) in [4.78, 5) is 30.7. The molecule has 584 valence electrons. The van der Waals surface area contributed by atoms with E-state index in [-0.39, 0.29) is 77.1 Å². The number of hydrogen-bond acceptors (Lipinski definition) is 14. The number of amidine groups is 5. The van der Waals surface area contributed by atoms with E-state index in [0.717, 1.165) is 60.0 Å². The Kier molecular flexibility index (Phi) is 48.0. The zero-order chi connectivity index (χ0) is 82.4. The maximum Gasteiger partial charge on any atom is 0.239 e. The highest BCUT2D eigenvalue weighted by molar-refractivity contribution is 6.41. The second kappa shape index (κ2) is 54.1. The van der Waals surface area contributed by atoms with E-state index in [9.17, 15) is 4.79 Å². The molecule has 0 saturated carbocycles. The van der Waals surface area contributed by atoms with Crippen LogP contribution in [0.2, 0.25) is 65.3 Å². The molecule has 0 saturated heterocycles. The fourth-order valence-electron chi connectivity index (χ4n) is 8.48. The van der Waals surface area contributed by atoms with Gasteiger partial charge in [-0.25, -0.2) is 0 Å². The van der Waals surface area contributed by atoms with E-state index < -0.39 is 5.91 Å². The van der Waals surface area contributed by atoms with Crippen LogP contribution in [-0.2, 0) is 24.1 Å². The van der Waals surface area contributed by atoms with Crippen LogP contribution in [-0.4, -0.2) is 115 Å². The molecule has 22 nitrogen and oxygen atoms in total. The first-order chi connectivity index (χ1) is 52.0. The maximum absolute atomic E-state index is 10.4. The lowest BCUT2D eigenvalue weighted by Gasteiger charge is -2.06. The number of amides is 1. The second-order valence-corrected chi connectivity index (χ2v) is 27.9. The standard InChI is InChI=1S/C11H11Cl2N.C10H11Cl2N3.C10H12Cl2N2.C10H12ClN3.C9H8Cl2N2O.C9H11N3.C8H8Cl2N4O.C8H8Cl2N2/c12-9-4-8(5-10(13)7-9)6-11-2-1-3-14-11;1-6(15-5-9(13)14)10-7(11)3-2-4-8(10)12;11-8-4-2-5-9(12)7(8)3-1-6-10(13)14;1-7-3-2-4-9(11)8(7)5-14-6-10(12)13;10-7-2-1-3-8(11)6(7)4-13-5-9(12)14;10-9(11)7-12-6-8-4-2-1-3-5-8;9-6-1-4(15)2-7(10)5(6)3-13-14-8(11)12;9-6-2-1-3-7(10)5(6)4-8(11)12/h4-5,7H,1-3,6H2;2-4H,5H2,1H3,(H3,13,14);2,4-5H,1,3,6H2,(H3,13,14);2-5H,6H2,1H3,(H3,12,13);1-4H,5H2,(H2,12,14);1-6H,7H2,(H3,10,11);1-3,15H,(H4,11,12,14);1-3H,4H2,(H3,11,12)/b;;;;;;13-3-;. The Bertz CT molecular complexity index is 4390. The molecular weight excluding hydrogens is 1670 g/mol. The minimum Gasteiger partial charge on any atom is -0.508 e. The van der Waals surface area contributed by atoms with Gasteiger partial charge in [-0.05, 0) is 152 Å². The lowest BCUT2D eigenvalue weighted by molar-refractivity contribution is -0.116. The van der Waals surface area contributed by atoms with Gasteiger partial charge in [0.15, 0.2) is 0 Å². The monoisotopic (exact) mass is 1750 g/mol. The number of aliphatic imine (C=N–C) groups is 5. The minimum atomic E-state index is -0.496. The predicted octanol–water partition coefficient (Wildman–Crippen LogP) is 18.5. The predicted molar refractivity (Wildman–Crippen MR) is 472 cm³/mol. The van der Waals surface area contributed by atoms with Gasteiger partial charge in [-0.2, -0.15) is 5.10 Å². The van der Waals surface area contributed by atoms with Crippen molar-refractivity contribution in [1.29, 1.82) is 27.0 Å². The summed E-state index contributed by atoms with van der Waals surface area (Å²) in [5.41, 5.74) is 50.5. The van der Waals surface area contributed by atoms with E-state index in [1.807, 2.05) is 85.8 Å². The minimum absolute atomic E-state index is 0.0116. The number of rotatable bonds is 22. The Labute approximate surface area is 704 Å². The molecule has 1 aliphatic heterocycles.